The van der Waals surface area contributed by atoms with E-state index in [0.29, 0.717) is 25.4 Å². The molecule has 1 amide bonds. The summed E-state index contributed by atoms with van der Waals surface area (Å²) < 4.78 is 38.7. The molecule has 2 bridgehead atoms. The number of hydrogen-bond donors (Lipinski definition) is 1. The average molecular weight is 621 g/mol. The highest BCUT2D eigenvalue weighted by atomic mass is 35.5. The molecule has 1 N–H and O–H groups in total. The fourth-order valence-electron chi connectivity index (χ4n) is 6.63. The highest BCUT2D eigenvalue weighted by Crippen LogP contribution is 2.40. The number of ether oxygens (including phenoxy) is 2. The van der Waals surface area contributed by atoms with Crippen LogP contribution in [0.4, 0.5) is 8.78 Å². The zero-order valence-corrected chi connectivity index (χ0v) is 26.1. The number of hydrogen-bond acceptors (Lipinski definition) is 4. The fraction of sp³-hybridized carbons (Fsp3) is 0.417. The van der Waals surface area contributed by atoms with Gasteiger partial charge in [0.05, 0.1) is 13.7 Å². The third kappa shape index (κ3) is 6.50. The van der Waals surface area contributed by atoms with Crippen molar-refractivity contribution in [2.75, 3.05) is 13.7 Å². The number of fused-ring (bicyclic) bond motifs is 2. The first-order valence-corrected chi connectivity index (χ1v) is 16.0. The van der Waals surface area contributed by atoms with Gasteiger partial charge in [0, 0.05) is 30.2 Å². The zero-order chi connectivity index (χ0) is 30.8. The van der Waals surface area contributed by atoms with Crippen molar-refractivity contribution >= 4 is 23.1 Å². The van der Waals surface area contributed by atoms with E-state index in [4.69, 9.17) is 21.1 Å². The molecule has 3 aromatic rings. The molecule has 44 heavy (non-hydrogen) atoms. The van der Waals surface area contributed by atoms with Gasteiger partial charge in [0.1, 0.15) is 16.6 Å². The van der Waals surface area contributed by atoms with Gasteiger partial charge in [0.25, 0.3) is 5.91 Å². The summed E-state index contributed by atoms with van der Waals surface area (Å²) >= 11 is 5.87. The Hall–Kier alpha value is -3.42. The van der Waals surface area contributed by atoms with Gasteiger partial charge in [0.15, 0.2) is 11.6 Å². The van der Waals surface area contributed by atoms with E-state index in [-0.39, 0.29) is 35.4 Å². The minimum atomic E-state index is -0.705. The molecule has 6 rings (SSSR count). The number of amides is 1. The number of benzene rings is 3. The Bertz CT molecular complexity index is 1550. The Balaban J connectivity index is 1.20. The number of piperidine rings is 1. The lowest BCUT2D eigenvalue weighted by molar-refractivity contribution is -0.128. The molecule has 8 heteroatoms. The molecule has 0 spiro atoms. The summed E-state index contributed by atoms with van der Waals surface area (Å²) in [6.07, 6.45) is 7.44. The molecule has 0 aromatic heterocycles. The van der Waals surface area contributed by atoms with E-state index in [2.05, 4.69) is 47.5 Å². The minimum absolute atomic E-state index is 0.0597. The molecule has 2 fully saturated rings. The van der Waals surface area contributed by atoms with Crippen molar-refractivity contribution in [3.05, 3.63) is 99.1 Å². The smallest absolute Gasteiger partial charge is 0.252 e. The first-order chi connectivity index (χ1) is 21.3. The Labute approximate surface area is 263 Å². The summed E-state index contributed by atoms with van der Waals surface area (Å²) in [5.41, 5.74) is 6.47. The third-order valence-electron chi connectivity index (χ3n) is 9.20. The molecule has 5 nitrogen and oxygen atoms in total. The van der Waals surface area contributed by atoms with Crippen LogP contribution in [0.15, 0.2) is 60.2 Å². The van der Waals surface area contributed by atoms with Crippen LogP contribution in [0.25, 0.3) is 5.57 Å². The molecular weight excluding hydrogens is 582 g/mol. The van der Waals surface area contributed by atoms with Gasteiger partial charge < -0.3 is 19.7 Å². The molecule has 0 unspecified atom stereocenters. The van der Waals surface area contributed by atoms with Crippen molar-refractivity contribution < 1.29 is 23.0 Å². The molecule has 2 heterocycles. The fourth-order valence-corrected chi connectivity index (χ4v) is 6.84. The van der Waals surface area contributed by atoms with E-state index in [1.807, 2.05) is 12.1 Å². The van der Waals surface area contributed by atoms with Crippen LogP contribution < -0.4 is 14.8 Å². The number of carbonyl (C=O) groups excluding carboxylic acids is 1. The van der Waals surface area contributed by atoms with Crippen LogP contribution in [0.2, 0.25) is 5.02 Å². The number of nitrogens with one attached hydrogen (secondary N) is 1. The van der Waals surface area contributed by atoms with Gasteiger partial charge in [-0.05, 0) is 104 Å². The number of carbonyl (C=O) groups is 1. The third-order valence-corrected chi connectivity index (χ3v) is 9.55. The summed E-state index contributed by atoms with van der Waals surface area (Å²) in [7, 11) is 1.68. The second kappa shape index (κ2) is 13.3. The summed E-state index contributed by atoms with van der Waals surface area (Å²) in [5, 5.41) is 3.43. The number of rotatable bonds is 11. The SMILES string of the molecule is COc1cccc(CN(C(=O)C2=C(c3ccc(CCCOc4c(F)ccc(F)c4Cl)cc3)C[C@H]3CCC[C@H]2N3)C2CC2)c1C. The van der Waals surface area contributed by atoms with Gasteiger partial charge in [-0.25, -0.2) is 8.78 Å². The molecule has 1 aliphatic carbocycles. The highest BCUT2D eigenvalue weighted by molar-refractivity contribution is 6.32. The quantitative estimate of drug-likeness (QED) is 0.176. The van der Waals surface area contributed by atoms with Crippen LogP contribution in [0.5, 0.6) is 11.5 Å². The summed E-state index contributed by atoms with van der Waals surface area (Å²) in [6, 6.07) is 17.2. The first-order valence-electron chi connectivity index (χ1n) is 15.6. The van der Waals surface area contributed by atoms with E-state index in [0.717, 1.165) is 89.8 Å². The van der Waals surface area contributed by atoms with E-state index in [1.54, 1.807) is 7.11 Å². The topological polar surface area (TPSA) is 50.8 Å². The van der Waals surface area contributed by atoms with E-state index in [1.165, 1.54) is 0 Å². The van der Waals surface area contributed by atoms with E-state index >= 15 is 0 Å². The molecule has 3 aromatic carbocycles. The lowest BCUT2D eigenvalue weighted by atomic mass is 9.78. The van der Waals surface area contributed by atoms with Gasteiger partial charge in [0.2, 0.25) is 0 Å². The van der Waals surface area contributed by atoms with Crippen molar-refractivity contribution in [1.29, 1.82) is 0 Å². The Morgan fingerprint density at radius 1 is 1.02 bits per heavy atom. The Kier molecular flexibility index (Phi) is 9.24. The standard InChI is InChI=1S/C36H39ClF2N2O3/c1-22-25(7-3-10-32(22)43-2)21-41(27-15-16-27)36(42)33-28(20-26-8-4-9-31(33)40-26)24-13-11-23(12-14-24)6-5-19-44-35-30(39)18-17-29(38)34(35)37/h3,7,10-14,17-18,26-27,31,40H,4-6,8-9,15-16,19-21H2,1-2H3/t26-,31-/m1/s1. The van der Waals surface area contributed by atoms with Crippen LogP contribution in [0.3, 0.4) is 0 Å². The van der Waals surface area contributed by atoms with Crippen molar-refractivity contribution in [3.63, 3.8) is 0 Å². The van der Waals surface area contributed by atoms with Gasteiger partial charge in [-0.3, -0.25) is 4.79 Å². The van der Waals surface area contributed by atoms with Gasteiger partial charge >= 0.3 is 0 Å². The van der Waals surface area contributed by atoms with Gasteiger partial charge in [-0.2, -0.15) is 0 Å². The van der Waals surface area contributed by atoms with Gasteiger partial charge in [-0.15, -0.1) is 0 Å². The van der Waals surface area contributed by atoms with E-state index < -0.39 is 11.6 Å². The first kappa shape index (κ1) is 30.6. The maximum atomic E-state index is 14.5. The maximum Gasteiger partial charge on any atom is 0.252 e. The average Bonchev–Trinajstić information content (AvgIpc) is 3.87. The van der Waals surface area contributed by atoms with Crippen molar-refractivity contribution in [2.45, 2.75) is 83.0 Å². The lowest BCUT2D eigenvalue weighted by Crippen LogP contribution is -2.51. The Morgan fingerprint density at radius 3 is 2.55 bits per heavy atom. The highest BCUT2D eigenvalue weighted by Gasteiger charge is 2.41. The predicted molar refractivity (Wildman–Crippen MR) is 169 cm³/mol. The van der Waals surface area contributed by atoms with Crippen LogP contribution in [-0.2, 0) is 17.8 Å². The number of aryl methyl sites for hydroxylation is 1. The molecule has 1 saturated heterocycles. The van der Waals surface area contributed by atoms with Crippen LogP contribution >= 0.6 is 11.6 Å². The predicted octanol–water partition coefficient (Wildman–Crippen LogP) is 7.81. The zero-order valence-electron chi connectivity index (χ0n) is 25.3. The van der Waals surface area contributed by atoms with Crippen molar-refractivity contribution in [3.8, 4) is 11.5 Å². The van der Waals surface area contributed by atoms with Crippen LogP contribution in [0, 0.1) is 18.6 Å². The molecule has 0 radical (unpaired) electrons. The monoisotopic (exact) mass is 620 g/mol. The number of methoxy groups -OCH3 is 1. The molecule has 1 saturated carbocycles. The Morgan fingerprint density at radius 2 is 1.80 bits per heavy atom. The summed E-state index contributed by atoms with van der Waals surface area (Å²) in [5.74, 6) is -0.637. The van der Waals surface area contributed by atoms with Crippen molar-refractivity contribution in [2.24, 2.45) is 0 Å². The second-order valence-corrected chi connectivity index (χ2v) is 12.6. The number of halogens is 3. The molecular formula is C36H39ClF2N2O3. The lowest BCUT2D eigenvalue weighted by Gasteiger charge is -2.40. The molecule has 2 atom stereocenters. The van der Waals surface area contributed by atoms with Gasteiger partial charge in [-0.1, -0.05) is 48.0 Å². The van der Waals surface area contributed by atoms with Crippen LogP contribution in [-0.4, -0.2) is 42.6 Å². The van der Waals surface area contributed by atoms with E-state index in [9.17, 15) is 13.6 Å². The summed E-state index contributed by atoms with van der Waals surface area (Å²) in [4.78, 5) is 16.6. The largest absolute Gasteiger partial charge is 0.496 e. The second-order valence-electron chi connectivity index (χ2n) is 12.2. The maximum absolute atomic E-state index is 14.5. The summed E-state index contributed by atoms with van der Waals surface area (Å²) in [6.45, 7) is 2.85. The van der Waals surface area contributed by atoms with Crippen molar-refractivity contribution in [1.82, 2.24) is 10.2 Å². The molecule has 2 aliphatic heterocycles. The minimum Gasteiger partial charge on any atom is -0.496 e. The van der Waals surface area contributed by atoms with Crippen LogP contribution in [0.1, 0.15) is 67.2 Å². The number of nitrogens with zero attached hydrogens (tertiary/aromatic N) is 1. The normalized spacial score (nSPS) is 19.6. The molecule has 3 aliphatic rings. The molecule has 232 valence electrons.